The van der Waals surface area contributed by atoms with Gasteiger partial charge in [0, 0.05) is 38.0 Å². The van der Waals surface area contributed by atoms with Crippen molar-refractivity contribution in [1.82, 2.24) is 34.9 Å². The van der Waals surface area contributed by atoms with Crippen LogP contribution in [0.25, 0.3) is 11.5 Å². The van der Waals surface area contributed by atoms with Crippen LogP contribution >= 0.6 is 0 Å². The number of sulfonamides is 1. The summed E-state index contributed by atoms with van der Waals surface area (Å²) in [5.41, 5.74) is 2.83. The topological polar surface area (TPSA) is 171 Å². The van der Waals surface area contributed by atoms with Crippen molar-refractivity contribution >= 4 is 16.0 Å². The van der Waals surface area contributed by atoms with E-state index in [1.54, 1.807) is 62.9 Å². The molecule has 4 heterocycles. The quantitative estimate of drug-likeness (QED) is 0.299. The van der Waals surface area contributed by atoms with Gasteiger partial charge >= 0.3 is 0 Å². The van der Waals surface area contributed by atoms with Gasteiger partial charge in [-0.05, 0) is 60.1 Å². The third-order valence-corrected chi connectivity index (χ3v) is 7.51. The molecule has 0 radical (unpaired) electrons. The molecule has 0 spiro atoms. The van der Waals surface area contributed by atoms with Crippen LogP contribution in [0.15, 0.2) is 35.1 Å². The van der Waals surface area contributed by atoms with E-state index in [1.165, 1.54) is 7.11 Å². The van der Waals surface area contributed by atoms with E-state index in [0.717, 1.165) is 11.1 Å². The second kappa shape index (κ2) is 13.0. The highest BCUT2D eigenvalue weighted by Gasteiger charge is 2.30. The van der Waals surface area contributed by atoms with E-state index in [0.29, 0.717) is 34.7 Å². The molecule has 13 nitrogen and oxygen atoms in total. The van der Waals surface area contributed by atoms with Gasteiger partial charge in [0.2, 0.25) is 21.9 Å². The minimum atomic E-state index is -3.89. The summed E-state index contributed by atoms with van der Waals surface area (Å²) in [4.78, 5) is 12.9. The number of aliphatic hydroxyl groups excluding tert-OH is 1. The van der Waals surface area contributed by atoms with Crippen LogP contribution in [0.4, 0.5) is 5.95 Å². The Kier molecular flexibility index (Phi) is 9.93. The van der Waals surface area contributed by atoms with Gasteiger partial charge < -0.3 is 14.4 Å². The Bertz CT molecular complexity index is 1500. The molecule has 2 atom stereocenters. The second-order valence-electron chi connectivity index (χ2n) is 9.63. The number of methoxy groups -OCH3 is 1. The smallest absolute Gasteiger partial charge is 0.239 e. The zero-order chi connectivity index (χ0) is 29.6. The Morgan fingerprint density at radius 1 is 1.10 bits per heavy atom. The van der Waals surface area contributed by atoms with Gasteiger partial charge in [-0.1, -0.05) is 11.2 Å². The number of nitrogens with zero attached hydrogens (tertiary/aromatic N) is 7. The van der Waals surface area contributed by atoms with Crippen molar-refractivity contribution in [3.8, 4) is 17.4 Å². The van der Waals surface area contributed by atoms with E-state index in [9.17, 15) is 8.42 Å². The average Bonchev–Trinajstić information content (AvgIpc) is 3.46. The minimum Gasteiger partial charge on any atom is -0.481 e. The normalized spacial score (nSPS) is 12.9. The fraction of sp³-hybridized carbons (Fsp3) is 0.462. The largest absolute Gasteiger partial charge is 0.481 e. The van der Waals surface area contributed by atoms with E-state index < -0.39 is 21.3 Å². The molecule has 218 valence electrons. The van der Waals surface area contributed by atoms with Crippen molar-refractivity contribution in [2.75, 3.05) is 11.8 Å². The molecular weight excluding hydrogens is 536 g/mol. The van der Waals surface area contributed by atoms with Crippen LogP contribution < -0.4 is 9.46 Å². The maximum absolute atomic E-state index is 13.3. The fourth-order valence-electron chi connectivity index (χ4n) is 3.89. The molecule has 0 bridgehead atoms. The molecule has 4 aromatic rings. The lowest BCUT2D eigenvalue weighted by Gasteiger charge is -2.20. The van der Waals surface area contributed by atoms with Gasteiger partial charge in [-0.15, -0.1) is 10.2 Å². The van der Waals surface area contributed by atoms with E-state index in [1.807, 2.05) is 20.8 Å². The predicted octanol–water partition coefficient (Wildman–Crippen LogP) is 3.67. The number of hydrogen-bond donors (Lipinski definition) is 2. The number of aryl methyl sites for hydroxylation is 3. The molecule has 2 N–H and O–H groups in total. The molecule has 4 aromatic heterocycles. The van der Waals surface area contributed by atoms with Gasteiger partial charge in [0.15, 0.2) is 5.82 Å². The summed E-state index contributed by atoms with van der Waals surface area (Å²) in [5.74, 6) is 1.83. The van der Waals surface area contributed by atoms with Gasteiger partial charge in [-0.25, -0.2) is 23.4 Å². The molecule has 4 rings (SSSR count). The van der Waals surface area contributed by atoms with Crippen LogP contribution in [0.1, 0.15) is 63.6 Å². The highest BCUT2D eigenvalue weighted by molar-refractivity contribution is 7.93. The van der Waals surface area contributed by atoms with Crippen molar-refractivity contribution in [1.29, 1.82) is 0 Å². The predicted molar refractivity (Wildman–Crippen MR) is 152 cm³/mol. The molecule has 0 aliphatic carbocycles. The van der Waals surface area contributed by atoms with Gasteiger partial charge in [0.25, 0.3) is 0 Å². The van der Waals surface area contributed by atoms with Crippen molar-refractivity contribution in [2.45, 2.75) is 72.3 Å². The standard InChI is InChI=1S/C23H28N8O4S.C3H8O.H2/c1-13-11-24-19(25-12-13)10-14(2)36(32,33)30-23-28-27-22(18-8-7-9-20(26-18)34-6)31(23)16(4)21-15(3)29-35-17(21)5;1-3(2)4;/h7-9,11-12,14,16H,10H2,1-6H3,(H,28,30);3-4H,1-2H3;1H/t14-,16-;;/m0../s1. The maximum Gasteiger partial charge on any atom is 0.239 e. The molecule has 0 amide bonds. The van der Waals surface area contributed by atoms with Crippen molar-refractivity contribution in [3.05, 3.63) is 59.0 Å². The Morgan fingerprint density at radius 2 is 1.75 bits per heavy atom. The minimum absolute atomic E-state index is 0. The Labute approximate surface area is 235 Å². The number of anilines is 1. The molecule has 0 unspecified atom stereocenters. The third-order valence-electron chi connectivity index (χ3n) is 5.82. The van der Waals surface area contributed by atoms with Crippen LogP contribution in [-0.4, -0.2) is 66.9 Å². The molecule has 0 saturated carbocycles. The lowest BCUT2D eigenvalue weighted by atomic mass is 10.1. The Morgan fingerprint density at radius 3 is 2.33 bits per heavy atom. The van der Waals surface area contributed by atoms with Crippen LogP contribution in [0.5, 0.6) is 5.88 Å². The molecule has 0 aromatic carbocycles. The number of nitrogens with one attached hydrogen (secondary N) is 1. The SMILES string of the molecule is CC(C)O.COc1cccc(-c2nnc(NS(=O)(=O)[C@@H](C)Cc3ncc(C)cn3)n2[C@@H](C)c2c(C)noc2C)n1.[HH]. The Hall–Kier alpha value is -3.91. The molecule has 0 aliphatic heterocycles. The molecule has 0 aliphatic rings. The van der Waals surface area contributed by atoms with E-state index >= 15 is 0 Å². The fourth-order valence-corrected chi connectivity index (χ4v) is 4.85. The summed E-state index contributed by atoms with van der Waals surface area (Å²) in [6.45, 7) is 12.4. The monoisotopic (exact) mass is 574 g/mol. The van der Waals surface area contributed by atoms with Crippen LogP contribution in [-0.2, 0) is 16.4 Å². The average molecular weight is 575 g/mol. The summed E-state index contributed by atoms with van der Waals surface area (Å²) >= 11 is 0. The van der Waals surface area contributed by atoms with E-state index in [-0.39, 0.29) is 19.9 Å². The first-order chi connectivity index (χ1) is 18.8. The van der Waals surface area contributed by atoms with Crippen molar-refractivity contribution in [3.63, 3.8) is 0 Å². The summed E-state index contributed by atoms with van der Waals surface area (Å²) in [7, 11) is -2.37. The molecule has 0 saturated heterocycles. The van der Waals surface area contributed by atoms with Crippen LogP contribution in [0, 0.1) is 20.8 Å². The summed E-state index contributed by atoms with van der Waals surface area (Å²) in [6, 6.07) is 4.80. The number of rotatable bonds is 9. The number of aliphatic hydroxyl groups is 1. The highest BCUT2D eigenvalue weighted by Crippen LogP contribution is 2.32. The lowest BCUT2D eigenvalue weighted by Crippen LogP contribution is -2.29. The first kappa shape index (κ1) is 30.6. The maximum atomic E-state index is 13.3. The lowest BCUT2D eigenvalue weighted by molar-refractivity contribution is 0.216. The van der Waals surface area contributed by atoms with Gasteiger partial charge in [0.1, 0.15) is 17.3 Å². The summed E-state index contributed by atoms with van der Waals surface area (Å²) in [6.07, 6.45) is 3.28. The summed E-state index contributed by atoms with van der Waals surface area (Å²) < 4.78 is 41.5. The summed E-state index contributed by atoms with van der Waals surface area (Å²) in [5, 5.41) is 19.7. The number of hydrogen-bond acceptors (Lipinski definition) is 11. The first-order valence-electron chi connectivity index (χ1n) is 12.7. The van der Waals surface area contributed by atoms with Gasteiger partial charge in [-0.2, -0.15) is 0 Å². The second-order valence-corrected chi connectivity index (χ2v) is 11.7. The molecule has 40 heavy (non-hydrogen) atoms. The zero-order valence-corrected chi connectivity index (χ0v) is 24.8. The number of aromatic nitrogens is 7. The van der Waals surface area contributed by atoms with Crippen LogP contribution in [0.3, 0.4) is 0 Å². The van der Waals surface area contributed by atoms with Gasteiger partial charge in [0.05, 0.1) is 24.1 Å². The number of ether oxygens (including phenoxy) is 1. The number of pyridine rings is 1. The molecular formula is C26H38N8O5S. The van der Waals surface area contributed by atoms with Crippen molar-refractivity contribution < 1.29 is 24.2 Å². The van der Waals surface area contributed by atoms with Crippen LogP contribution in [0.2, 0.25) is 0 Å². The van der Waals surface area contributed by atoms with E-state index in [4.69, 9.17) is 14.4 Å². The van der Waals surface area contributed by atoms with Crippen molar-refractivity contribution in [2.24, 2.45) is 0 Å². The first-order valence-corrected chi connectivity index (χ1v) is 14.2. The van der Waals surface area contributed by atoms with E-state index in [2.05, 4.69) is 35.0 Å². The molecule has 14 heteroatoms. The Balaban J connectivity index is 0.00000110. The zero-order valence-electron chi connectivity index (χ0n) is 23.9. The third kappa shape index (κ3) is 7.39. The van der Waals surface area contributed by atoms with Gasteiger partial charge in [-0.3, -0.25) is 9.29 Å². The highest BCUT2D eigenvalue weighted by atomic mass is 32.2. The molecule has 0 fully saturated rings.